The van der Waals surface area contributed by atoms with Crippen LogP contribution in [0.1, 0.15) is 21.5 Å². The summed E-state index contributed by atoms with van der Waals surface area (Å²) in [4.78, 5) is 14.4. The van der Waals surface area contributed by atoms with Gasteiger partial charge < -0.3 is 11.1 Å². The van der Waals surface area contributed by atoms with Crippen molar-refractivity contribution in [2.45, 2.75) is 18.4 Å². The fraction of sp³-hybridized carbons (Fsp3) is 0.250. The number of carbonyl (C=O) groups is 1. The smallest absolute Gasteiger partial charge is 0.171 e. The topological polar surface area (TPSA) is 55.1 Å². The minimum absolute atomic E-state index is 0.0250. The summed E-state index contributed by atoms with van der Waals surface area (Å²) in [6, 6.07) is 4.11. The molecule has 0 aliphatic carbocycles. The summed E-state index contributed by atoms with van der Waals surface area (Å²) in [7, 11) is 0. The first-order valence-corrected chi connectivity index (χ1v) is 8.29. The highest BCUT2D eigenvalue weighted by Gasteiger charge is 2.17. The zero-order valence-electron chi connectivity index (χ0n) is 10.1. The van der Waals surface area contributed by atoms with Crippen molar-refractivity contribution in [2.75, 3.05) is 17.3 Å². The number of ketones is 1. The van der Waals surface area contributed by atoms with Gasteiger partial charge in [0.15, 0.2) is 5.78 Å². The van der Waals surface area contributed by atoms with Crippen molar-refractivity contribution < 1.29 is 4.79 Å². The highest BCUT2D eigenvalue weighted by atomic mass is 32.2. The van der Waals surface area contributed by atoms with Crippen LogP contribution in [0.3, 0.4) is 0 Å². The molecule has 2 rings (SSSR count). The van der Waals surface area contributed by atoms with Crippen LogP contribution < -0.4 is 11.1 Å². The molecule has 0 amide bonds. The van der Waals surface area contributed by atoms with E-state index in [2.05, 4.69) is 16.8 Å². The summed E-state index contributed by atoms with van der Waals surface area (Å²) in [6.45, 7) is 2.32. The summed E-state index contributed by atoms with van der Waals surface area (Å²) < 4.78 is 0. The minimum Gasteiger partial charge on any atom is -0.396 e. The molecule has 0 saturated heterocycles. The van der Waals surface area contributed by atoms with Crippen LogP contribution in [0, 0.1) is 0 Å². The molecular formula is C12H14N2OS3. The van der Waals surface area contributed by atoms with Crippen LogP contribution in [0.15, 0.2) is 22.4 Å². The fourth-order valence-electron chi connectivity index (χ4n) is 1.59. The van der Waals surface area contributed by atoms with Crippen LogP contribution in [0.5, 0.6) is 0 Å². The van der Waals surface area contributed by atoms with Crippen LogP contribution >= 0.6 is 34.4 Å². The third-order valence-electron chi connectivity index (χ3n) is 2.43. The molecule has 0 aromatic carbocycles. The Morgan fingerprint density at radius 1 is 1.56 bits per heavy atom. The lowest BCUT2D eigenvalue weighted by Crippen LogP contribution is -1.97. The maximum Gasteiger partial charge on any atom is 0.171 e. The van der Waals surface area contributed by atoms with Gasteiger partial charge in [0.05, 0.1) is 22.0 Å². The van der Waals surface area contributed by atoms with Gasteiger partial charge in [-0.15, -0.1) is 34.4 Å². The van der Waals surface area contributed by atoms with E-state index in [-0.39, 0.29) is 5.78 Å². The van der Waals surface area contributed by atoms with Gasteiger partial charge in [-0.25, -0.2) is 0 Å². The zero-order valence-corrected chi connectivity index (χ0v) is 12.6. The summed E-state index contributed by atoms with van der Waals surface area (Å²) in [5.74, 6) is 0.0250. The SMILES string of the molecule is CSc1c(NCc2cccs2)sc(C(C)=O)c1N. The molecule has 0 spiro atoms. The van der Waals surface area contributed by atoms with E-state index in [1.165, 1.54) is 16.2 Å². The van der Waals surface area contributed by atoms with Gasteiger partial charge in [-0.05, 0) is 17.7 Å². The van der Waals surface area contributed by atoms with Crippen molar-refractivity contribution in [3.05, 3.63) is 27.3 Å². The molecule has 3 N–H and O–H groups in total. The maximum atomic E-state index is 11.5. The lowest BCUT2D eigenvalue weighted by atomic mass is 10.3. The van der Waals surface area contributed by atoms with E-state index in [9.17, 15) is 4.79 Å². The van der Waals surface area contributed by atoms with E-state index in [1.807, 2.05) is 12.3 Å². The van der Waals surface area contributed by atoms with E-state index in [1.54, 1.807) is 30.0 Å². The second-order valence-corrected chi connectivity index (χ2v) is 6.57. The number of nitrogens with one attached hydrogen (secondary N) is 1. The molecule has 0 unspecified atom stereocenters. The monoisotopic (exact) mass is 298 g/mol. The molecule has 0 aliphatic rings. The molecule has 0 saturated carbocycles. The Bertz CT molecular complexity index is 546. The third kappa shape index (κ3) is 2.71. The normalized spacial score (nSPS) is 10.6. The van der Waals surface area contributed by atoms with E-state index in [4.69, 9.17) is 5.73 Å². The van der Waals surface area contributed by atoms with Gasteiger partial charge in [0.25, 0.3) is 0 Å². The molecular weight excluding hydrogens is 284 g/mol. The number of Topliss-reactive ketones (excluding diaryl/α,β-unsaturated/α-hetero) is 1. The molecule has 0 aliphatic heterocycles. The van der Waals surface area contributed by atoms with E-state index >= 15 is 0 Å². The Kier molecular flexibility index (Phi) is 4.31. The van der Waals surface area contributed by atoms with E-state index in [0.717, 1.165) is 16.4 Å². The Morgan fingerprint density at radius 3 is 2.89 bits per heavy atom. The van der Waals surface area contributed by atoms with E-state index in [0.29, 0.717) is 10.6 Å². The van der Waals surface area contributed by atoms with Crippen molar-refractivity contribution in [2.24, 2.45) is 0 Å². The van der Waals surface area contributed by atoms with Crippen molar-refractivity contribution in [3.8, 4) is 0 Å². The summed E-state index contributed by atoms with van der Waals surface area (Å²) in [5, 5.41) is 6.40. The molecule has 0 atom stereocenters. The molecule has 2 aromatic heterocycles. The average Bonchev–Trinajstić information content (AvgIpc) is 2.93. The van der Waals surface area contributed by atoms with Crippen LogP contribution in [-0.2, 0) is 6.54 Å². The number of thioether (sulfide) groups is 1. The largest absolute Gasteiger partial charge is 0.396 e. The van der Waals surface area contributed by atoms with Gasteiger partial charge in [0, 0.05) is 11.8 Å². The highest BCUT2D eigenvalue weighted by Crippen LogP contribution is 2.42. The Labute approximate surface area is 118 Å². The first-order chi connectivity index (χ1) is 8.63. The predicted octanol–water partition coefficient (Wildman–Crippen LogP) is 3.93. The first kappa shape index (κ1) is 13.5. The number of nitrogen functional groups attached to an aromatic ring is 1. The number of nitrogens with two attached hydrogens (primary N) is 1. The van der Waals surface area contributed by atoms with Crippen LogP contribution in [0.25, 0.3) is 0 Å². The maximum absolute atomic E-state index is 11.5. The van der Waals surface area contributed by atoms with Crippen LogP contribution in [0.2, 0.25) is 0 Å². The van der Waals surface area contributed by atoms with Crippen LogP contribution in [0.4, 0.5) is 10.7 Å². The highest BCUT2D eigenvalue weighted by molar-refractivity contribution is 7.99. The Morgan fingerprint density at radius 2 is 2.33 bits per heavy atom. The molecule has 0 fully saturated rings. The summed E-state index contributed by atoms with van der Waals surface area (Å²) in [6.07, 6.45) is 1.97. The molecule has 3 nitrogen and oxygen atoms in total. The lowest BCUT2D eigenvalue weighted by molar-refractivity contribution is 0.102. The molecule has 6 heteroatoms. The third-order valence-corrected chi connectivity index (χ3v) is 5.53. The number of carbonyl (C=O) groups excluding carboxylic acids is 1. The first-order valence-electron chi connectivity index (χ1n) is 5.37. The van der Waals surface area contributed by atoms with Gasteiger partial charge in [0.1, 0.15) is 5.00 Å². The van der Waals surface area contributed by atoms with Gasteiger partial charge in [-0.1, -0.05) is 6.07 Å². The van der Waals surface area contributed by atoms with Crippen LogP contribution in [-0.4, -0.2) is 12.0 Å². The number of rotatable bonds is 5. The number of hydrogen-bond acceptors (Lipinski definition) is 6. The second kappa shape index (κ2) is 5.77. The number of thiophene rings is 2. The van der Waals surface area contributed by atoms with Gasteiger partial charge in [-0.3, -0.25) is 4.79 Å². The van der Waals surface area contributed by atoms with Crippen molar-refractivity contribution in [1.29, 1.82) is 0 Å². The standard InChI is InChI=1S/C12H14N2OS3/c1-7(15)10-9(13)11(16-2)12(18-10)14-6-8-4-3-5-17-8/h3-5,14H,6,13H2,1-2H3. The molecule has 0 bridgehead atoms. The predicted molar refractivity (Wildman–Crippen MR) is 82.2 cm³/mol. The molecule has 96 valence electrons. The zero-order chi connectivity index (χ0) is 13.1. The van der Waals surface area contributed by atoms with E-state index < -0.39 is 0 Å². The average molecular weight is 298 g/mol. The second-order valence-electron chi connectivity index (χ2n) is 3.70. The van der Waals surface area contributed by atoms with Gasteiger partial charge in [-0.2, -0.15) is 0 Å². The summed E-state index contributed by atoms with van der Waals surface area (Å²) in [5.41, 5.74) is 6.60. The van der Waals surface area contributed by atoms with Gasteiger partial charge >= 0.3 is 0 Å². The molecule has 18 heavy (non-hydrogen) atoms. The minimum atomic E-state index is 0.0250. The molecule has 2 aromatic rings. The number of anilines is 2. The van der Waals surface area contributed by atoms with Gasteiger partial charge in [0.2, 0.25) is 0 Å². The molecule has 0 radical (unpaired) electrons. The van der Waals surface area contributed by atoms with Crippen molar-refractivity contribution in [1.82, 2.24) is 0 Å². The lowest BCUT2D eigenvalue weighted by Gasteiger charge is -2.04. The quantitative estimate of drug-likeness (QED) is 0.648. The fourth-order valence-corrected chi connectivity index (χ4v) is 4.16. The Balaban J connectivity index is 2.21. The van der Waals surface area contributed by atoms with Crippen molar-refractivity contribution >= 4 is 50.9 Å². The number of hydrogen-bond donors (Lipinski definition) is 2. The van der Waals surface area contributed by atoms with Crippen molar-refractivity contribution in [3.63, 3.8) is 0 Å². The Hall–Kier alpha value is -0.980. The molecule has 2 heterocycles. The summed E-state index contributed by atoms with van der Waals surface area (Å²) >= 11 is 4.72.